The number of piperidine rings is 1. The Balaban J connectivity index is 0.00000445. The zero-order valence-electron chi connectivity index (χ0n) is 33.6. The predicted molar refractivity (Wildman–Crippen MR) is 220 cm³/mol. The van der Waals surface area contributed by atoms with E-state index in [9.17, 15) is 14.0 Å². The summed E-state index contributed by atoms with van der Waals surface area (Å²) in [6.07, 6.45) is 5.93. The molecule has 18 heteroatoms. The lowest BCUT2D eigenvalue weighted by atomic mass is 9.75. The van der Waals surface area contributed by atoms with Crippen LogP contribution in [0.1, 0.15) is 39.9 Å². The smallest absolute Gasteiger partial charge is 0.248 e. The first-order chi connectivity index (χ1) is 29.0. The molecule has 5 aliphatic heterocycles. The third-order valence-corrected chi connectivity index (χ3v) is 13.0. The Labute approximate surface area is 344 Å². The summed E-state index contributed by atoms with van der Waals surface area (Å²) in [5, 5.41) is 8.65. The Bertz CT molecular complexity index is 2760. The fraction of sp³-hybridized carbons (Fsp3) is 0.429. The van der Waals surface area contributed by atoms with Crippen LogP contribution in [-0.4, -0.2) is 130 Å². The summed E-state index contributed by atoms with van der Waals surface area (Å²) < 4.78 is 39.1. The number of fused-ring (bicyclic) bond motifs is 8. The first-order valence-corrected chi connectivity index (χ1v) is 20.4. The van der Waals surface area contributed by atoms with Gasteiger partial charge in [-0.25, -0.2) is 23.4 Å². The number of aryl methyl sites for hydroxylation is 1. The molecule has 2 amide bonds. The lowest BCUT2D eigenvalue weighted by molar-refractivity contribution is -0.147. The average Bonchev–Trinajstić information content (AvgIpc) is 3.73. The zero-order valence-corrected chi connectivity index (χ0v) is 33.6. The maximum atomic E-state index is 15.5. The second-order valence-corrected chi connectivity index (χ2v) is 17.0. The minimum Gasteiger partial charge on any atom is -0.378 e. The molecule has 5 atom stereocenters. The quantitative estimate of drug-likeness (QED) is 0.263. The van der Waals surface area contributed by atoms with Crippen LogP contribution in [0.15, 0.2) is 54.9 Å². The van der Waals surface area contributed by atoms with Gasteiger partial charge < -0.3 is 34.2 Å². The van der Waals surface area contributed by atoms with Crippen molar-refractivity contribution in [2.75, 3.05) is 48.9 Å². The summed E-state index contributed by atoms with van der Waals surface area (Å²) in [4.78, 5) is 61.4. The Morgan fingerprint density at radius 3 is 2.62 bits per heavy atom. The predicted octanol–water partition coefficient (Wildman–Crippen LogP) is 4.34. The van der Waals surface area contributed by atoms with E-state index in [-0.39, 0.29) is 55.2 Å². The lowest BCUT2D eigenvalue weighted by Gasteiger charge is -2.62. The summed E-state index contributed by atoms with van der Waals surface area (Å²) in [6.45, 7) is 5.44. The second kappa shape index (κ2) is 13.4. The molecule has 1 N–H and O–H groups in total. The van der Waals surface area contributed by atoms with Crippen LogP contribution in [-0.2, 0) is 20.9 Å². The molecule has 5 fully saturated rings. The van der Waals surface area contributed by atoms with Crippen LogP contribution in [0.3, 0.4) is 0 Å². The number of carbonyl (C=O) groups excluding carboxylic acids is 2. The fourth-order valence-corrected chi connectivity index (χ4v) is 9.95. The first kappa shape index (κ1) is 36.8. The molecule has 12 rings (SSSR count). The normalized spacial score (nSPS) is 25.4. The van der Waals surface area contributed by atoms with Crippen molar-refractivity contribution in [3.05, 3.63) is 72.3 Å². The van der Waals surface area contributed by atoms with E-state index in [2.05, 4.69) is 15.0 Å². The largest absolute Gasteiger partial charge is 0.378 e. The van der Waals surface area contributed by atoms with Crippen LogP contribution in [0, 0.1) is 18.6 Å². The molecule has 60 heavy (non-hydrogen) atoms. The van der Waals surface area contributed by atoms with Crippen molar-refractivity contribution in [3.8, 4) is 17.1 Å². The molecule has 2 unspecified atom stereocenters. The Morgan fingerprint density at radius 1 is 0.967 bits per heavy atom. The summed E-state index contributed by atoms with van der Waals surface area (Å²) in [5.74, 6) is 0.441. The molecule has 0 radical (unpaired) electrons. The van der Waals surface area contributed by atoms with Crippen molar-refractivity contribution < 1.29 is 24.5 Å². The Kier molecular flexibility index (Phi) is 8.18. The average molecular weight is 818 g/mol. The highest BCUT2D eigenvalue weighted by atomic mass is 19.1. The molecular weight excluding hydrogens is 773 g/mol. The van der Waals surface area contributed by atoms with Crippen LogP contribution in [0.25, 0.3) is 39.1 Å². The molecule has 16 nitrogen and oxygen atoms in total. The van der Waals surface area contributed by atoms with Gasteiger partial charge in [0.25, 0.3) is 0 Å². The number of pyridine rings is 2. The van der Waals surface area contributed by atoms with E-state index in [1.54, 1.807) is 31.5 Å². The van der Waals surface area contributed by atoms with Crippen LogP contribution < -0.4 is 15.1 Å². The number of methoxy groups -OCH3 is 1. The molecule has 1 aromatic carbocycles. The highest BCUT2D eigenvalue weighted by molar-refractivity contribution is 5.97. The number of aromatic nitrogens is 8. The maximum Gasteiger partial charge on any atom is 0.248 e. The van der Waals surface area contributed by atoms with Gasteiger partial charge in [0.2, 0.25) is 17.8 Å². The van der Waals surface area contributed by atoms with Crippen LogP contribution in [0.4, 0.5) is 26.4 Å². The van der Waals surface area contributed by atoms with Crippen LogP contribution in [0.5, 0.6) is 0 Å². The van der Waals surface area contributed by atoms with E-state index in [1.807, 2.05) is 52.8 Å². The summed E-state index contributed by atoms with van der Waals surface area (Å²) >= 11 is 0. The number of rotatable bonds is 5. The number of nitrogens with one attached hydrogen (secondary N) is 1. The van der Waals surface area contributed by atoms with Gasteiger partial charge >= 0.3 is 0 Å². The SMILES string of the molecule is CO[C@H]1CN(C)C(=O)[C@@H]2C[C@@H](CN2c2nc(N3C4CN(C5CC5)C(=O)C3(C)C4)nc3c2cnn3-c2ccc(F)cc2F)Nc2cccc(n2)-c2nccc3nc(C)n(c23)C1.[HH]. The van der Waals surface area contributed by atoms with Gasteiger partial charge in [-0.1, -0.05) is 6.07 Å². The molecule has 0 spiro atoms. The van der Waals surface area contributed by atoms with E-state index in [1.165, 1.54) is 16.8 Å². The zero-order chi connectivity index (χ0) is 41.2. The minimum atomic E-state index is -0.879. The van der Waals surface area contributed by atoms with Crippen molar-refractivity contribution >= 4 is 51.5 Å². The number of imidazole rings is 1. The number of ether oxygens (including phenoxy) is 1. The van der Waals surface area contributed by atoms with Gasteiger partial charge in [-0.05, 0) is 63.4 Å². The highest BCUT2D eigenvalue weighted by Crippen LogP contribution is 2.48. The number of hydrogen-bond donors (Lipinski definition) is 1. The molecule has 6 aliphatic rings. The fourth-order valence-electron chi connectivity index (χ4n) is 9.95. The number of likely N-dealkylation sites (N-methyl/N-ethyl adjacent to an activating group) is 1. The van der Waals surface area contributed by atoms with Gasteiger partial charge in [0, 0.05) is 66.0 Å². The highest BCUT2D eigenvalue weighted by Gasteiger charge is 2.62. The van der Waals surface area contributed by atoms with Crippen molar-refractivity contribution in [1.29, 1.82) is 0 Å². The summed E-state index contributed by atoms with van der Waals surface area (Å²) in [6, 6.07) is 10.2. The van der Waals surface area contributed by atoms with Crippen LogP contribution in [0.2, 0.25) is 0 Å². The van der Waals surface area contributed by atoms with Gasteiger partial charge in [-0.15, -0.1) is 0 Å². The standard InChI is InChI=1S/C42H43F2N13O3.H2/c1-22-47-31-12-13-45-35-30-6-5-7-34(49-30)48-24-15-33(39(58)52(3)20-27(60-4)21-53(22)36(31)35)55(18-24)37-28-17-46-57(32-11-8-23(43)14-29(32)44)38(28)51-41(50-37)56-26-16-42(56,2)40(59)54(19-26)25-9-10-25;/h5-8,11-14,17,24-27,33H,9-10,15-16,18-21H2,1-4H3,(H,48,49);1H/t24-,26?,27-,33-,42?;/m0./s1. The number of halogens is 2. The van der Waals surface area contributed by atoms with Crippen LogP contribution >= 0.6 is 0 Å². The third-order valence-electron chi connectivity index (χ3n) is 13.0. The van der Waals surface area contributed by atoms with Crippen molar-refractivity contribution in [2.24, 2.45) is 0 Å². The van der Waals surface area contributed by atoms with E-state index < -0.39 is 29.3 Å². The van der Waals surface area contributed by atoms with Gasteiger partial charge in [0.15, 0.2) is 11.5 Å². The maximum absolute atomic E-state index is 15.5. The van der Waals surface area contributed by atoms with Gasteiger partial charge in [0.1, 0.15) is 46.2 Å². The Morgan fingerprint density at radius 2 is 1.82 bits per heavy atom. The molecule has 310 valence electrons. The first-order valence-electron chi connectivity index (χ1n) is 20.4. The van der Waals surface area contributed by atoms with E-state index >= 15 is 4.39 Å². The van der Waals surface area contributed by atoms with Crippen molar-refractivity contribution in [3.63, 3.8) is 0 Å². The summed E-state index contributed by atoms with van der Waals surface area (Å²) in [7, 11) is 3.41. The summed E-state index contributed by atoms with van der Waals surface area (Å²) in [5.41, 5.74) is 2.37. The van der Waals surface area contributed by atoms with Gasteiger partial charge in [-0.2, -0.15) is 15.1 Å². The monoisotopic (exact) mass is 817 g/mol. The number of benzene rings is 1. The lowest BCUT2D eigenvalue weighted by Crippen LogP contribution is -2.79. The topological polar surface area (TPSA) is 156 Å². The Hall–Kier alpha value is -6.30. The van der Waals surface area contributed by atoms with E-state index in [0.29, 0.717) is 60.9 Å². The molecule has 1 saturated carbocycles. The van der Waals surface area contributed by atoms with Crippen molar-refractivity contribution in [2.45, 2.75) is 81.9 Å². The molecule has 4 saturated heterocycles. The number of amides is 2. The number of piperazine rings is 1. The minimum absolute atomic E-state index is 0. The molecule has 5 aromatic heterocycles. The molecule has 6 bridgehead atoms. The molecular formula is C42H45F2N13O3. The van der Waals surface area contributed by atoms with Gasteiger partial charge in [0.05, 0.1) is 47.0 Å². The molecule has 1 aliphatic carbocycles. The number of carbonyl (C=O) groups is 2. The van der Waals surface area contributed by atoms with E-state index in [0.717, 1.165) is 35.8 Å². The van der Waals surface area contributed by atoms with Crippen molar-refractivity contribution in [1.82, 2.24) is 49.1 Å². The van der Waals surface area contributed by atoms with E-state index in [4.69, 9.17) is 29.7 Å². The van der Waals surface area contributed by atoms with Gasteiger partial charge in [-0.3, -0.25) is 14.6 Å². The number of anilines is 3. The third kappa shape index (κ3) is 5.63. The number of hydrogen-bond acceptors (Lipinski definition) is 12. The number of nitrogens with zero attached hydrogens (tertiary/aromatic N) is 12. The molecule has 6 aromatic rings. The molecule has 10 heterocycles. The second-order valence-electron chi connectivity index (χ2n) is 17.0.